The number of allylic oxidation sites excluding steroid dienone is 1. The molecule has 0 heterocycles. The van der Waals surface area contributed by atoms with E-state index in [4.69, 9.17) is 0 Å². The van der Waals surface area contributed by atoms with Gasteiger partial charge < -0.3 is 18.9 Å². The van der Waals surface area contributed by atoms with Gasteiger partial charge in [0.15, 0.2) is 0 Å². The van der Waals surface area contributed by atoms with Crippen LogP contribution in [-0.4, -0.2) is 13.3 Å². The Kier molecular flexibility index (Phi) is 5.86. The molecular weight excluding hydrogens is 205 g/mol. The zero-order valence-electron chi connectivity index (χ0n) is 6.74. The molecule has 0 fully saturated rings. The second-order valence-corrected chi connectivity index (χ2v) is 3.31. The molecule has 7 heteroatoms. The lowest BCUT2D eigenvalue weighted by atomic mass is 10.2. The van der Waals surface area contributed by atoms with Crippen LogP contribution in [0.5, 0.6) is 0 Å². The minimum absolute atomic E-state index is 0.122. The molecule has 0 radical (unpaired) electrons. The van der Waals surface area contributed by atoms with E-state index in [0.29, 0.717) is 6.26 Å². The highest BCUT2D eigenvalue weighted by atomic mass is 31.2. The van der Waals surface area contributed by atoms with Gasteiger partial charge in [0, 0.05) is 12.8 Å². The lowest BCUT2D eigenvalue weighted by molar-refractivity contribution is -0.337. The molecule has 0 bridgehead atoms. The van der Waals surface area contributed by atoms with Crippen LogP contribution < -0.4 is 9.79 Å². The summed E-state index contributed by atoms with van der Waals surface area (Å²) in [6.07, 6.45) is 0.327. The van der Waals surface area contributed by atoms with Gasteiger partial charge in [-0.3, -0.25) is 8.78 Å². The van der Waals surface area contributed by atoms with Gasteiger partial charge in [0.05, 0.1) is 19.6 Å². The third-order valence-corrected chi connectivity index (χ3v) is 1.54. The molecule has 0 aliphatic rings. The monoisotopic (exact) mass is 214 g/mol. The molecule has 0 unspecified atom stereocenters. The van der Waals surface area contributed by atoms with Gasteiger partial charge in [0.2, 0.25) is 0 Å². The average Bonchev–Trinajstić information content (AvgIpc) is 2.00. The smallest absolute Gasteiger partial charge is 0.113 e. The van der Waals surface area contributed by atoms with Crippen molar-refractivity contribution in [1.82, 2.24) is 0 Å². The van der Waals surface area contributed by atoms with Gasteiger partial charge in [-0.2, -0.15) is 0 Å². The number of alkyl halides is 2. The zero-order valence-corrected chi connectivity index (χ0v) is 7.64. The first-order valence-corrected chi connectivity index (χ1v) is 4.96. The van der Waals surface area contributed by atoms with Crippen molar-refractivity contribution in [3.05, 3.63) is 11.8 Å². The molecule has 0 aliphatic carbocycles. The highest BCUT2D eigenvalue weighted by Crippen LogP contribution is 2.26. The van der Waals surface area contributed by atoms with Crippen LogP contribution in [0, 0.1) is 0 Å². The summed E-state index contributed by atoms with van der Waals surface area (Å²) in [5.74, 6) is 0. The van der Waals surface area contributed by atoms with Crippen molar-refractivity contribution in [2.45, 2.75) is 12.8 Å². The summed E-state index contributed by atoms with van der Waals surface area (Å²) in [5, 5.41) is 0. The fourth-order valence-electron chi connectivity index (χ4n) is 0.625. The Morgan fingerprint density at radius 2 is 1.77 bits per heavy atom. The maximum Gasteiger partial charge on any atom is 0.113 e. The van der Waals surface area contributed by atoms with E-state index in [-0.39, 0.29) is 18.4 Å². The number of hydrogen-bond donors (Lipinski definition) is 0. The molecular formula is C6H9F2O4P-2. The van der Waals surface area contributed by atoms with Crippen LogP contribution in [0.3, 0.4) is 0 Å². The van der Waals surface area contributed by atoms with Gasteiger partial charge in [0.25, 0.3) is 0 Å². The van der Waals surface area contributed by atoms with E-state index in [1.807, 2.05) is 0 Å². The Morgan fingerprint density at radius 3 is 2.08 bits per heavy atom. The molecule has 0 spiro atoms. The largest absolute Gasteiger partial charge is 0.780 e. The summed E-state index contributed by atoms with van der Waals surface area (Å²) < 4.78 is 37.2. The molecule has 0 aromatic carbocycles. The standard InChI is InChI=1S/C6H11F2O4P/c7-3-1-6(2-4-8)5-12-13(9,10)11/h5H,1-4H2,(H2,9,10,11)/p-2. The number of phosphoric acid groups is 1. The molecule has 0 aromatic heterocycles. The summed E-state index contributed by atoms with van der Waals surface area (Å²) in [6, 6.07) is 0. The van der Waals surface area contributed by atoms with E-state index >= 15 is 0 Å². The number of phosphoric ester groups is 1. The van der Waals surface area contributed by atoms with Crippen LogP contribution in [0.2, 0.25) is 0 Å². The minimum atomic E-state index is -5.09. The van der Waals surface area contributed by atoms with Crippen molar-refractivity contribution in [3.63, 3.8) is 0 Å². The van der Waals surface area contributed by atoms with Gasteiger partial charge in [0.1, 0.15) is 7.82 Å². The molecule has 4 nitrogen and oxygen atoms in total. The van der Waals surface area contributed by atoms with Gasteiger partial charge in [-0.1, -0.05) is 0 Å². The Balaban J connectivity index is 4.10. The Morgan fingerprint density at radius 1 is 1.31 bits per heavy atom. The first kappa shape index (κ1) is 12.6. The fraction of sp³-hybridized carbons (Fsp3) is 0.667. The number of rotatable bonds is 6. The second kappa shape index (κ2) is 6.07. The average molecular weight is 214 g/mol. The predicted molar refractivity (Wildman–Crippen MR) is 38.0 cm³/mol. The van der Waals surface area contributed by atoms with Crippen LogP contribution >= 0.6 is 7.82 Å². The number of halogens is 2. The van der Waals surface area contributed by atoms with Crippen LogP contribution in [0.1, 0.15) is 12.8 Å². The van der Waals surface area contributed by atoms with E-state index in [0.717, 1.165) is 0 Å². The third-order valence-electron chi connectivity index (χ3n) is 1.18. The third kappa shape index (κ3) is 7.90. The van der Waals surface area contributed by atoms with Gasteiger partial charge >= 0.3 is 0 Å². The Bertz CT molecular complexity index is 205. The number of hydrogen-bond acceptors (Lipinski definition) is 4. The molecule has 0 aromatic rings. The van der Waals surface area contributed by atoms with Crippen LogP contribution in [0.25, 0.3) is 0 Å². The molecule has 0 aliphatic heterocycles. The molecule has 0 atom stereocenters. The lowest BCUT2D eigenvalue weighted by Gasteiger charge is -2.27. The normalized spacial score (nSPS) is 11.1. The minimum Gasteiger partial charge on any atom is -0.780 e. The van der Waals surface area contributed by atoms with Gasteiger partial charge in [-0.15, -0.1) is 0 Å². The molecule has 0 amide bonds. The first-order chi connectivity index (χ1) is 5.99. The van der Waals surface area contributed by atoms with E-state index < -0.39 is 21.2 Å². The second-order valence-electron chi connectivity index (χ2n) is 2.21. The van der Waals surface area contributed by atoms with Crippen molar-refractivity contribution in [2.75, 3.05) is 13.3 Å². The van der Waals surface area contributed by atoms with E-state index in [9.17, 15) is 23.1 Å². The van der Waals surface area contributed by atoms with Gasteiger partial charge in [-0.25, -0.2) is 0 Å². The highest BCUT2D eigenvalue weighted by molar-refractivity contribution is 7.43. The Labute approximate surface area is 74.5 Å². The molecule has 78 valence electrons. The summed E-state index contributed by atoms with van der Waals surface area (Å²) >= 11 is 0. The topological polar surface area (TPSA) is 72.4 Å². The summed E-state index contributed by atoms with van der Waals surface area (Å²) in [5.41, 5.74) is 0.122. The predicted octanol–water partition coefficient (Wildman–Crippen LogP) is 0.435. The molecule has 0 rings (SSSR count). The van der Waals surface area contributed by atoms with Crippen molar-refractivity contribution < 1.29 is 27.7 Å². The van der Waals surface area contributed by atoms with E-state index in [1.165, 1.54) is 0 Å². The quantitative estimate of drug-likeness (QED) is 0.474. The summed E-state index contributed by atoms with van der Waals surface area (Å²) in [4.78, 5) is 19.9. The molecule has 13 heavy (non-hydrogen) atoms. The Hall–Kier alpha value is -0.450. The molecule has 0 saturated heterocycles. The summed E-state index contributed by atoms with van der Waals surface area (Å²) in [7, 11) is -5.09. The maximum atomic E-state index is 11.7. The van der Waals surface area contributed by atoms with Crippen LogP contribution in [0.4, 0.5) is 8.78 Å². The molecule has 0 N–H and O–H groups in total. The van der Waals surface area contributed by atoms with E-state index in [2.05, 4.69) is 4.52 Å². The summed E-state index contributed by atoms with van der Waals surface area (Å²) in [6.45, 7) is -1.51. The van der Waals surface area contributed by atoms with Crippen molar-refractivity contribution in [3.8, 4) is 0 Å². The maximum absolute atomic E-state index is 11.7. The van der Waals surface area contributed by atoms with Crippen molar-refractivity contribution in [2.24, 2.45) is 0 Å². The van der Waals surface area contributed by atoms with Crippen LogP contribution in [-0.2, 0) is 9.09 Å². The van der Waals surface area contributed by atoms with Crippen molar-refractivity contribution >= 4 is 7.82 Å². The fourth-order valence-corrected chi connectivity index (χ4v) is 0.903. The molecule has 0 saturated carbocycles. The van der Waals surface area contributed by atoms with Gasteiger partial charge in [-0.05, 0) is 5.57 Å². The SMILES string of the molecule is O=P([O-])([O-])OC=C(CCF)CCF. The van der Waals surface area contributed by atoms with Crippen molar-refractivity contribution in [1.29, 1.82) is 0 Å². The van der Waals surface area contributed by atoms with E-state index in [1.54, 1.807) is 0 Å². The van der Waals surface area contributed by atoms with Crippen LogP contribution in [0.15, 0.2) is 11.8 Å². The highest BCUT2D eigenvalue weighted by Gasteiger charge is 1.98. The first-order valence-electron chi connectivity index (χ1n) is 3.50. The zero-order chi connectivity index (χ0) is 10.3. The lowest BCUT2D eigenvalue weighted by Crippen LogP contribution is -2.14.